The van der Waals surface area contributed by atoms with Crippen molar-refractivity contribution in [2.45, 2.75) is 353 Å². The number of unbranched alkanes of at least 4 members (excludes halogenated alkanes) is 42. The van der Waals surface area contributed by atoms with Gasteiger partial charge in [-0.2, -0.15) is 0 Å². The summed E-state index contributed by atoms with van der Waals surface area (Å²) in [4.78, 5) is 24.5. The van der Waals surface area contributed by atoms with E-state index in [1.165, 1.54) is 257 Å². The van der Waals surface area contributed by atoms with E-state index in [-0.39, 0.29) is 18.5 Å². The molecule has 0 fully saturated rings. The van der Waals surface area contributed by atoms with Gasteiger partial charge in [0.1, 0.15) is 0 Å². The van der Waals surface area contributed by atoms with E-state index in [1.807, 2.05) is 6.08 Å². The molecule has 0 bridgehead atoms. The molecule has 0 radical (unpaired) electrons. The number of allylic oxidation sites excluding steroid dienone is 9. The van der Waals surface area contributed by atoms with Crippen LogP contribution in [0.5, 0.6) is 0 Å². The number of ether oxygens (including phenoxy) is 1. The Morgan fingerprint density at radius 3 is 1.04 bits per heavy atom. The van der Waals surface area contributed by atoms with Crippen LogP contribution in [0.15, 0.2) is 60.8 Å². The van der Waals surface area contributed by atoms with E-state index in [0.717, 1.165) is 57.8 Å². The molecule has 0 aromatic carbocycles. The van der Waals surface area contributed by atoms with Crippen LogP contribution < -0.4 is 5.32 Å². The fraction of sp³-hybridized carbons (Fsp3) is 0.826. The number of nitrogens with one attached hydrogen (secondary N) is 1. The Balaban J connectivity index is 3.43. The standard InChI is InChI=1S/C69H127NO5/c1-3-5-7-9-11-13-15-17-19-31-35-39-43-47-51-55-59-63-69(74)75-64-60-56-52-48-44-40-36-33-30-28-26-24-22-20-21-23-25-27-29-32-34-38-42-46-50-54-58-62-68(73)70-66(65-71)67(72)61-57-53-49-45-41-37-18-16-14-12-10-8-6-4-2/h11,13,17,19-21,24,26,57,61,66-67,71-72H,3-10,12,14-16,18,22-23,25,27-56,58-60,62-65H2,1-2H3,(H,70,73)/b13-11-,19-17-,21-20-,26-24-,61-57+. The summed E-state index contributed by atoms with van der Waals surface area (Å²) in [6.45, 7) is 4.88. The Morgan fingerprint density at radius 1 is 0.373 bits per heavy atom. The second kappa shape index (κ2) is 64.1. The summed E-state index contributed by atoms with van der Waals surface area (Å²) in [5.41, 5.74) is 0. The largest absolute Gasteiger partial charge is 0.466 e. The third-order valence-corrected chi connectivity index (χ3v) is 15.0. The van der Waals surface area contributed by atoms with E-state index < -0.39 is 12.1 Å². The maximum atomic E-state index is 12.5. The van der Waals surface area contributed by atoms with Gasteiger partial charge in [0.15, 0.2) is 0 Å². The Bertz CT molecular complexity index is 1300. The van der Waals surface area contributed by atoms with Gasteiger partial charge in [-0.25, -0.2) is 0 Å². The molecule has 0 aromatic rings. The van der Waals surface area contributed by atoms with Gasteiger partial charge in [0.25, 0.3) is 0 Å². The molecular weight excluding hydrogens is 923 g/mol. The molecule has 0 aliphatic heterocycles. The fourth-order valence-electron chi connectivity index (χ4n) is 9.93. The van der Waals surface area contributed by atoms with Crippen molar-refractivity contribution in [1.82, 2.24) is 5.32 Å². The third kappa shape index (κ3) is 60.6. The lowest BCUT2D eigenvalue weighted by molar-refractivity contribution is -0.143. The van der Waals surface area contributed by atoms with Gasteiger partial charge in [-0.3, -0.25) is 9.59 Å². The van der Waals surface area contributed by atoms with Crippen molar-refractivity contribution in [3.8, 4) is 0 Å². The molecule has 0 aliphatic carbocycles. The second-order valence-electron chi connectivity index (χ2n) is 22.4. The Hall–Kier alpha value is -2.44. The monoisotopic (exact) mass is 1050 g/mol. The zero-order valence-corrected chi connectivity index (χ0v) is 50.0. The first kappa shape index (κ1) is 72.6. The predicted octanol–water partition coefficient (Wildman–Crippen LogP) is 21.1. The summed E-state index contributed by atoms with van der Waals surface area (Å²) < 4.78 is 5.49. The van der Waals surface area contributed by atoms with Crippen LogP contribution in [0.1, 0.15) is 341 Å². The second-order valence-corrected chi connectivity index (χ2v) is 22.4. The molecule has 0 spiro atoms. The minimum Gasteiger partial charge on any atom is -0.466 e. The van der Waals surface area contributed by atoms with Crippen molar-refractivity contribution in [2.24, 2.45) is 0 Å². The van der Waals surface area contributed by atoms with Gasteiger partial charge < -0.3 is 20.3 Å². The summed E-state index contributed by atoms with van der Waals surface area (Å²) in [6.07, 6.45) is 84.2. The van der Waals surface area contributed by atoms with Gasteiger partial charge in [-0.05, 0) is 96.3 Å². The van der Waals surface area contributed by atoms with E-state index in [0.29, 0.717) is 19.4 Å². The zero-order chi connectivity index (χ0) is 54.3. The van der Waals surface area contributed by atoms with Gasteiger partial charge >= 0.3 is 5.97 Å². The number of rotatable bonds is 61. The van der Waals surface area contributed by atoms with E-state index in [2.05, 4.69) is 67.8 Å². The summed E-state index contributed by atoms with van der Waals surface area (Å²) in [5, 5.41) is 23.1. The van der Waals surface area contributed by atoms with Crippen molar-refractivity contribution in [3.05, 3.63) is 60.8 Å². The Kier molecular flexibility index (Phi) is 62.0. The molecular formula is C69H127NO5. The van der Waals surface area contributed by atoms with Gasteiger partial charge in [-0.1, -0.05) is 293 Å². The van der Waals surface area contributed by atoms with Crippen LogP contribution in [-0.4, -0.2) is 47.4 Å². The maximum Gasteiger partial charge on any atom is 0.305 e. The van der Waals surface area contributed by atoms with E-state index >= 15 is 0 Å². The lowest BCUT2D eigenvalue weighted by atomic mass is 10.0. The molecule has 3 N–H and O–H groups in total. The summed E-state index contributed by atoms with van der Waals surface area (Å²) in [6, 6.07) is -0.631. The Labute approximate surface area is 467 Å². The van der Waals surface area contributed by atoms with Crippen LogP contribution in [-0.2, 0) is 14.3 Å². The van der Waals surface area contributed by atoms with Crippen molar-refractivity contribution in [2.75, 3.05) is 13.2 Å². The maximum absolute atomic E-state index is 12.5. The lowest BCUT2D eigenvalue weighted by Gasteiger charge is -2.20. The number of carbonyl (C=O) groups is 2. The first-order valence-corrected chi connectivity index (χ1v) is 33.1. The minimum absolute atomic E-state index is 0.00208. The molecule has 0 aliphatic rings. The highest BCUT2D eigenvalue weighted by Gasteiger charge is 2.18. The fourth-order valence-corrected chi connectivity index (χ4v) is 9.93. The summed E-state index contributed by atoms with van der Waals surface area (Å²) in [7, 11) is 0. The molecule has 0 aromatic heterocycles. The highest BCUT2D eigenvalue weighted by atomic mass is 16.5. The van der Waals surface area contributed by atoms with Crippen molar-refractivity contribution in [1.29, 1.82) is 0 Å². The minimum atomic E-state index is -0.847. The molecule has 0 heterocycles. The van der Waals surface area contributed by atoms with Gasteiger partial charge in [0, 0.05) is 12.8 Å². The predicted molar refractivity (Wildman–Crippen MR) is 328 cm³/mol. The number of amides is 1. The van der Waals surface area contributed by atoms with Gasteiger partial charge in [0.2, 0.25) is 5.91 Å². The smallest absolute Gasteiger partial charge is 0.305 e. The molecule has 2 unspecified atom stereocenters. The van der Waals surface area contributed by atoms with Crippen molar-refractivity contribution in [3.63, 3.8) is 0 Å². The molecule has 6 heteroatoms. The molecule has 0 rings (SSSR count). The Morgan fingerprint density at radius 2 is 0.667 bits per heavy atom. The van der Waals surface area contributed by atoms with Crippen LogP contribution in [0.2, 0.25) is 0 Å². The van der Waals surface area contributed by atoms with Gasteiger partial charge in [-0.15, -0.1) is 0 Å². The highest BCUT2D eigenvalue weighted by Crippen LogP contribution is 2.17. The van der Waals surface area contributed by atoms with Crippen LogP contribution in [0, 0.1) is 0 Å². The number of esters is 1. The van der Waals surface area contributed by atoms with Crippen molar-refractivity contribution >= 4 is 11.9 Å². The van der Waals surface area contributed by atoms with Crippen LogP contribution >= 0.6 is 0 Å². The molecule has 2 atom stereocenters. The molecule has 1 amide bonds. The topological polar surface area (TPSA) is 95.9 Å². The number of carbonyl (C=O) groups excluding carboxylic acids is 2. The third-order valence-electron chi connectivity index (χ3n) is 15.0. The van der Waals surface area contributed by atoms with Gasteiger partial charge in [0.05, 0.1) is 25.4 Å². The SMILES string of the molecule is CCCCC/C=C\C/C=C\CCCCCCCCCC(=O)OCCCCCCCCCCC/C=C\C/C=C\CCCCCCCCCCCCCC(=O)NC(CO)C(O)/C=C/CCCCCCCCCCCCCC. The number of hydrogen-bond acceptors (Lipinski definition) is 5. The number of aliphatic hydroxyl groups excluding tert-OH is 2. The normalized spacial score (nSPS) is 13.0. The van der Waals surface area contributed by atoms with Crippen LogP contribution in [0.4, 0.5) is 0 Å². The molecule has 6 nitrogen and oxygen atoms in total. The lowest BCUT2D eigenvalue weighted by Crippen LogP contribution is -2.45. The number of aliphatic hydroxyl groups is 2. The molecule has 75 heavy (non-hydrogen) atoms. The van der Waals surface area contributed by atoms with Crippen LogP contribution in [0.3, 0.4) is 0 Å². The quantitative estimate of drug-likeness (QED) is 0.0320. The molecule has 0 saturated carbocycles. The van der Waals surface area contributed by atoms with E-state index in [1.54, 1.807) is 6.08 Å². The first-order valence-electron chi connectivity index (χ1n) is 33.1. The average molecular weight is 1050 g/mol. The van der Waals surface area contributed by atoms with Crippen molar-refractivity contribution < 1.29 is 24.5 Å². The summed E-state index contributed by atoms with van der Waals surface area (Å²) >= 11 is 0. The van der Waals surface area contributed by atoms with E-state index in [4.69, 9.17) is 4.74 Å². The van der Waals surface area contributed by atoms with E-state index in [9.17, 15) is 19.8 Å². The average Bonchev–Trinajstić information content (AvgIpc) is 3.41. The molecule has 438 valence electrons. The van der Waals surface area contributed by atoms with Crippen LogP contribution in [0.25, 0.3) is 0 Å². The summed E-state index contributed by atoms with van der Waals surface area (Å²) in [5.74, 6) is -0.0689. The first-order chi connectivity index (χ1) is 37.0. The zero-order valence-electron chi connectivity index (χ0n) is 50.0. The molecule has 0 saturated heterocycles. The highest BCUT2D eigenvalue weighted by molar-refractivity contribution is 5.76. The number of hydrogen-bond donors (Lipinski definition) is 3.